The quantitative estimate of drug-likeness (QED) is 0.679. The Kier molecular flexibility index (Phi) is 5.18. The largest absolute Gasteiger partial charge is 0.407 e. The zero-order valence-corrected chi connectivity index (χ0v) is 16.3. The van der Waals surface area contributed by atoms with Gasteiger partial charge in [0, 0.05) is 18.8 Å². The smallest absolute Gasteiger partial charge is 0.343 e. The molecule has 1 amide bonds. The van der Waals surface area contributed by atoms with E-state index in [1.807, 2.05) is 5.32 Å². The first-order valence-corrected chi connectivity index (χ1v) is 9.90. The Hall–Kier alpha value is -2.54. The van der Waals surface area contributed by atoms with Crippen LogP contribution in [0.4, 0.5) is 32.0 Å². The molecule has 1 aromatic carbocycles. The van der Waals surface area contributed by atoms with Gasteiger partial charge in [-0.1, -0.05) is 0 Å². The lowest BCUT2D eigenvalue weighted by Crippen LogP contribution is -2.47. The number of benzene rings is 1. The van der Waals surface area contributed by atoms with Crippen LogP contribution in [0, 0.1) is 24.4 Å². The fourth-order valence-corrected chi connectivity index (χ4v) is 4.41. The molecule has 0 aliphatic heterocycles. The van der Waals surface area contributed by atoms with E-state index in [1.165, 1.54) is 4.72 Å². The fraction of sp³-hybridized carbons (Fsp3) is 0.353. The van der Waals surface area contributed by atoms with Crippen molar-refractivity contribution in [3.63, 3.8) is 0 Å². The Labute approximate surface area is 166 Å². The van der Waals surface area contributed by atoms with Crippen molar-refractivity contribution in [3.8, 4) is 0 Å². The zero-order chi connectivity index (χ0) is 22.6. The number of aryl methyl sites for hydroxylation is 1. The number of alkyl halides is 3. The molecular formula is C17H15F6N3O3S. The molecule has 0 atom stereocenters. The molecule has 30 heavy (non-hydrogen) atoms. The molecule has 164 valence electrons. The number of carbonyl (C=O) groups excluding carboxylic acids is 1. The number of anilines is 1. The Morgan fingerprint density at radius 2 is 1.73 bits per heavy atom. The topological polar surface area (TPSA) is 80.2 Å². The summed E-state index contributed by atoms with van der Waals surface area (Å²) >= 11 is 0. The van der Waals surface area contributed by atoms with Crippen molar-refractivity contribution in [2.75, 3.05) is 5.32 Å². The molecule has 1 aliphatic carbocycles. The number of rotatable bonds is 5. The van der Waals surface area contributed by atoms with Crippen molar-refractivity contribution < 1.29 is 39.6 Å². The third kappa shape index (κ3) is 3.67. The number of nitrogens with one attached hydrogen (secondary N) is 2. The lowest BCUT2D eigenvalue weighted by Gasteiger charge is -2.20. The number of halogens is 6. The van der Waals surface area contributed by atoms with Crippen LogP contribution in [0.25, 0.3) is 0 Å². The molecule has 0 spiro atoms. The van der Waals surface area contributed by atoms with Gasteiger partial charge in [0.15, 0.2) is 11.6 Å². The molecule has 1 aromatic heterocycles. The van der Waals surface area contributed by atoms with Crippen LogP contribution in [0.2, 0.25) is 0 Å². The number of amides is 1. The van der Waals surface area contributed by atoms with Gasteiger partial charge < -0.3 is 9.88 Å². The predicted molar refractivity (Wildman–Crippen MR) is 92.8 cm³/mol. The van der Waals surface area contributed by atoms with Gasteiger partial charge >= 0.3 is 6.18 Å². The van der Waals surface area contributed by atoms with Gasteiger partial charge in [-0.3, -0.25) is 4.79 Å². The van der Waals surface area contributed by atoms with Crippen molar-refractivity contribution in [2.45, 2.75) is 36.4 Å². The van der Waals surface area contributed by atoms with E-state index in [9.17, 15) is 39.6 Å². The summed E-state index contributed by atoms with van der Waals surface area (Å²) in [6, 6.07) is 1.75. The lowest BCUT2D eigenvalue weighted by atomic mass is 10.2. The van der Waals surface area contributed by atoms with Gasteiger partial charge in [-0.05, 0) is 31.9 Å². The number of hydrogen-bond acceptors (Lipinski definition) is 3. The van der Waals surface area contributed by atoms with Gasteiger partial charge in [-0.25, -0.2) is 21.6 Å². The molecule has 1 heterocycles. The molecule has 0 saturated heterocycles. The van der Waals surface area contributed by atoms with E-state index in [4.69, 9.17) is 0 Å². The van der Waals surface area contributed by atoms with Crippen LogP contribution >= 0.6 is 0 Å². The number of nitrogens with zero attached hydrogens (tertiary/aromatic N) is 1. The SMILES string of the molecule is Cc1c(F)ccc(NC(=O)c2c(F)c(S(=O)(=O)NC3(C(F)(F)F)CC3)cn2C)c1F. The molecule has 1 fully saturated rings. The number of hydrogen-bond donors (Lipinski definition) is 2. The van der Waals surface area contributed by atoms with E-state index in [1.54, 1.807) is 0 Å². The minimum Gasteiger partial charge on any atom is -0.343 e. The second kappa shape index (κ2) is 7.01. The highest BCUT2D eigenvalue weighted by molar-refractivity contribution is 7.89. The third-order valence-electron chi connectivity index (χ3n) is 4.78. The first-order chi connectivity index (χ1) is 13.7. The molecule has 0 bridgehead atoms. The molecule has 3 rings (SSSR count). The molecule has 2 aromatic rings. The van der Waals surface area contributed by atoms with E-state index in [0.717, 1.165) is 30.7 Å². The van der Waals surface area contributed by atoms with Gasteiger partial charge in [0.1, 0.15) is 21.9 Å². The van der Waals surface area contributed by atoms with E-state index in [0.29, 0.717) is 6.20 Å². The first kappa shape index (κ1) is 22.2. The van der Waals surface area contributed by atoms with Gasteiger partial charge in [-0.15, -0.1) is 0 Å². The maximum Gasteiger partial charge on any atom is 0.407 e. The van der Waals surface area contributed by atoms with Crippen LogP contribution < -0.4 is 10.0 Å². The van der Waals surface area contributed by atoms with Crippen LogP contribution in [0.5, 0.6) is 0 Å². The summed E-state index contributed by atoms with van der Waals surface area (Å²) in [7, 11) is -3.88. The highest BCUT2D eigenvalue weighted by atomic mass is 32.2. The lowest BCUT2D eigenvalue weighted by molar-refractivity contribution is -0.160. The highest BCUT2D eigenvalue weighted by Gasteiger charge is 2.65. The van der Waals surface area contributed by atoms with Crippen molar-refractivity contribution in [3.05, 3.63) is 47.0 Å². The van der Waals surface area contributed by atoms with Crippen LogP contribution in [0.3, 0.4) is 0 Å². The Morgan fingerprint density at radius 3 is 2.27 bits per heavy atom. The summed E-state index contributed by atoms with van der Waals surface area (Å²) < 4.78 is 108. The fourth-order valence-electron chi connectivity index (χ4n) is 2.84. The number of aromatic nitrogens is 1. The molecule has 0 unspecified atom stereocenters. The van der Waals surface area contributed by atoms with E-state index >= 15 is 0 Å². The molecule has 13 heteroatoms. The molecule has 1 aliphatic rings. The van der Waals surface area contributed by atoms with Gasteiger partial charge in [0.05, 0.1) is 5.69 Å². The average molecular weight is 455 g/mol. The third-order valence-corrected chi connectivity index (χ3v) is 6.31. The first-order valence-electron chi connectivity index (χ1n) is 8.42. The van der Waals surface area contributed by atoms with E-state index in [-0.39, 0.29) is 0 Å². The summed E-state index contributed by atoms with van der Waals surface area (Å²) in [6.45, 7) is 1.11. The van der Waals surface area contributed by atoms with Crippen LogP contribution in [-0.4, -0.2) is 30.6 Å². The second-order valence-corrected chi connectivity index (χ2v) is 8.59. The van der Waals surface area contributed by atoms with Crippen molar-refractivity contribution >= 4 is 21.6 Å². The average Bonchev–Trinajstić information content (AvgIpc) is 3.33. The van der Waals surface area contributed by atoms with Crippen molar-refractivity contribution in [2.24, 2.45) is 7.05 Å². The zero-order valence-electron chi connectivity index (χ0n) is 15.5. The minimum absolute atomic E-state index is 0.408. The summed E-state index contributed by atoms with van der Waals surface area (Å²) in [5.74, 6) is -4.89. The standard InChI is InChI=1S/C17H15F6N3O3S/c1-8-9(18)3-4-10(12(8)19)24-15(27)14-13(20)11(7-26(14)2)30(28,29)25-16(5-6-16)17(21,22)23/h3-4,7,25H,5-6H2,1-2H3,(H,24,27). The number of carbonyl (C=O) groups is 1. The van der Waals surface area contributed by atoms with Crippen molar-refractivity contribution in [1.82, 2.24) is 9.29 Å². The predicted octanol–water partition coefficient (Wildman–Crippen LogP) is 3.38. The second-order valence-electron chi connectivity index (χ2n) is 6.94. The Morgan fingerprint density at radius 1 is 1.13 bits per heavy atom. The normalized spacial score (nSPS) is 15.9. The molecule has 2 N–H and O–H groups in total. The summed E-state index contributed by atoms with van der Waals surface area (Å²) in [5, 5.41) is 1.99. The summed E-state index contributed by atoms with van der Waals surface area (Å²) in [6.07, 6.45) is -5.24. The number of sulfonamides is 1. The van der Waals surface area contributed by atoms with Crippen LogP contribution in [0.15, 0.2) is 23.2 Å². The van der Waals surface area contributed by atoms with Gasteiger partial charge in [0.2, 0.25) is 10.0 Å². The van der Waals surface area contributed by atoms with E-state index < -0.39 is 79.8 Å². The minimum atomic E-state index is -4.97. The molecule has 0 radical (unpaired) electrons. The van der Waals surface area contributed by atoms with Crippen molar-refractivity contribution in [1.29, 1.82) is 0 Å². The maximum atomic E-state index is 14.7. The van der Waals surface area contributed by atoms with Gasteiger partial charge in [0.25, 0.3) is 5.91 Å². The summed E-state index contributed by atoms with van der Waals surface area (Å²) in [4.78, 5) is 11.2. The maximum absolute atomic E-state index is 14.7. The molecule has 6 nitrogen and oxygen atoms in total. The molecular weight excluding hydrogens is 440 g/mol. The van der Waals surface area contributed by atoms with Crippen LogP contribution in [0.1, 0.15) is 28.9 Å². The monoisotopic (exact) mass is 455 g/mol. The highest BCUT2D eigenvalue weighted by Crippen LogP contribution is 2.49. The van der Waals surface area contributed by atoms with E-state index in [2.05, 4.69) is 0 Å². The van der Waals surface area contributed by atoms with Crippen LogP contribution in [-0.2, 0) is 17.1 Å². The summed E-state index contributed by atoms with van der Waals surface area (Å²) in [5.41, 5.74) is -4.44. The molecule has 1 saturated carbocycles. The Balaban J connectivity index is 1.92. The van der Waals surface area contributed by atoms with Gasteiger partial charge in [-0.2, -0.15) is 17.9 Å². The Bertz CT molecular complexity index is 1140.